The van der Waals surface area contributed by atoms with Crippen LogP contribution < -0.4 is 10.4 Å². The number of benzene rings is 3. The molecule has 0 radical (unpaired) electrons. The molecule has 0 spiro atoms. The molecule has 0 saturated carbocycles. The molecular weight excluding hydrogens is 536 g/mol. The van der Waals surface area contributed by atoms with Crippen LogP contribution in [0.4, 0.5) is 0 Å². The van der Waals surface area contributed by atoms with Crippen LogP contribution in [0.2, 0.25) is 5.04 Å². The Hall–Kier alpha value is -2.54. The second-order valence-electron chi connectivity index (χ2n) is 12.2. The lowest BCUT2D eigenvalue weighted by atomic mass is 9.88. The number of hydrogen-bond donors (Lipinski definition) is 0. The fourth-order valence-corrected chi connectivity index (χ4v) is 10.4. The Morgan fingerprint density at radius 2 is 1.38 bits per heavy atom. The summed E-state index contributed by atoms with van der Waals surface area (Å²) in [6.45, 7) is 15.7. The molecule has 0 amide bonds. The van der Waals surface area contributed by atoms with E-state index < -0.39 is 8.32 Å². The van der Waals surface area contributed by atoms with E-state index in [1.54, 1.807) is 7.11 Å². The lowest BCUT2D eigenvalue weighted by Crippen LogP contribution is -2.66. The Morgan fingerprint density at radius 3 is 1.86 bits per heavy atom. The van der Waals surface area contributed by atoms with Crippen LogP contribution in [0.5, 0.6) is 0 Å². The van der Waals surface area contributed by atoms with Crippen LogP contribution in [-0.4, -0.2) is 41.5 Å². The van der Waals surface area contributed by atoms with Gasteiger partial charge in [-0.2, -0.15) is 0 Å². The summed E-state index contributed by atoms with van der Waals surface area (Å²) in [7, 11) is -0.968. The molecule has 3 aromatic rings. The zero-order valence-corrected chi connectivity index (χ0v) is 27.8. The minimum absolute atomic E-state index is 0.00137. The maximum atomic E-state index is 7.30. The van der Waals surface area contributed by atoms with Crippen LogP contribution in [-0.2, 0) is 25.2 Å². The van der Waals surface area contributed by atoms with Crippen molar-refractivity contribution in [2.75, 3.05) is 27.1 Å². The maximum absolute atomic E-state index is 7.30. The Labute approximate surface area is 256 Å². The second kappa shape index (κ2) is 16.9. The lowest BCUT2D eigenvalue weighted by Gasteiger charge is -2.43. The van der Waals surface area contributed by atoms with Crippen LogP contribution >= 0.6 is 0 Å². The molecule has 0 aliphatic heterocycles. The minimum Gasteiger partial charge on any atom is -0.403 e. The smallest absolute Gasteiger partial charge is 0.261 e. The third-order valence-electron chi connectivity index (χ3n) is 8.12. The monoisotopic (exact) mass is 588 g/mol. The highest BCUT2D eigenvalue weighted by molar-refractivity contribution is 6.99. The van der Waals surface area contributed by atoms with Gasteiger partial charge in [-0.25, -0.2) is 0 Å². The molecule has 0 fully saturated rings. The summed E-state index contributed by atoms with van der Waals surface area (Å²) >= 11 is 0. The van der Waals surface area contributed by atoms with E-state index in [9.17, 15) is 0 Å². The third-order valence-corrected chi connectivity index (χ3v) is 13.1. The molecule has 0 aliphatic carbocycles. The highest BCUT2D eigenvalue weighted by Gasteiger charge is 2.50. The molecule has 0 unspecified atom stereocenters. The quantitative estimate of drug-likeness (QED) is 0.0699. The van der Waals surface area contributed by atoms with E-state index in [0.717, 1.165) is 12.8 Å². The molecule has 3 atom stereocenters. The van der Waals surface area contributed by atoms with Crippen molar-refractivity contribution in [2.24, 2.45) is 11.8 Å². The predicted octanol–water partition coefficient (Wildman–Crippen LogP) is 7.77. The lowest BCUT2D eigenvalue weighted by molar-refractivity contribution is -0.0831. The van der Waals surface area contributed by atoms with Crippen molar-refractivity contribution in [3.8, 4) is 0 Å². The Kier molecular flexibility index (Phi) is 13.7. The average molecular weight is 589 g/mol. The molecular formula is C37H52O4Si. The average Bonchev–Trinajstić information content (AvgIpc) is 3.01. The molecule has 0 aromatic heterocycles. The summed E-state index contributed by atoms with van der Waals surface area (Å²) in [6.07, 6.45) is 4.33. The van der Waals surface area contributed by atoms with Crippen molar-refractivity contribution in [3.63, 3.8) is 0 Å². The van der Waals surface area contributed by atoms with Crippen LogP contribution in [0.3, 0.4) is 0 Å². The number of methoxy groups -OCH3 is 1. The topological polar surface area (TPSA) is 36.9 Å². The van der Waals surface area contributed by atoms with Gasteiger partial charge in [0.1, 0.15) is 6.79 Å². The van der Waals surface area contributed by atoms with Crippen LogP contribution in [0.25, 0.3) is 0 Å². The van der Waals surface area contributed by atoms with Gasteiger partial charge in [-0.15, -0.1) is 0 Å². The zero-order chi connectivity index (χ0) is 30.4. The van der Waals surface area contributed by atoms with Crippen molar-refractivity contribution < 1.29 is 18.6 Å². The molecule has 228 valence electrons. The van der Waals surface area contributed by atoms with E-state index in [0.29, 0.717) is 19.8 Å². The van der Waals surface area contributed by atoms with Crippen LogP contribution in [0.15, 0.2) is 103 Å². The van der Waals surface area contributed by atoms with Gasteiger partial charge in [-0.05, 0) is 39.4 Å². The van der Waals surface area contributed by atoms with Crippen molar-refractivity contribution in [3.05, 3.63) is 108 Å². The third kappa shape index (κ3) is 8.98. The highest BCUT2D eigenvalue weighted by Crippen LogP contribution is 2.37. The van der Waals surface area contributed by atoms with Crippen LogP contribution in [0, 0.1) is 11.8 Å². The van der Waals surface area contributed by atoms with Crippen molar-refractivity contribution in [1.29, 1.82) is 0 Å². The summed E-state index contributed by atoms with van der Waals surface area (Å²) in [5.74, 6) is 0.424. The van der Waals surface area contributed by atoms with Gasteiger partial charge in [0.25, 0.3) is 8.32 Å². The summed E-state index contributed by atoms with van der Waals surface area (Å²) in [4.78, 5) is 0. The predicted molar refractivity (Wildman–Crippen MR) is 178 cm³/mol. The van der Waals surface area contributed by atoms with E-state index in [1.807, 2.05) is 6.07 Å². The largest absolute Gasteiger partial charge is 0.403 e. The van der Waals surface area contributed by atoms with Crippen molar-refractivity contribution >= 4 is 18.7 Å². The Morgan fingerprint density at radius 1 is 0.833 bits per heavy atom. The second-order valence-corrected chi connectivity index (χ2v) is 16.5. The first-order valence-electron chi connectivity index (χ1n) is 15.4. The van der Waals surface area contributed by atoms with E-state index >= 15 is 0 Å². The summed E-state index contributed by atoms with van der Waals surface area (Å²) < 4.78 is 24.9. The molecule has 0 aliphatic rings. The van der Waals surface area contributed by atoms with E-state index in [-0.39, 0.29) is 29.8 Å². The maximum Gasteiger partial charge on any atom is 0.261 e. The first-order valence-corrected chi connectivity index (χ1v) is 17.3. The number of rotatable bonds is 17. The Balaban J connectivity index is 1.93. The van der Waals surface area contributed by atoms with Crippen LogP contribution in [0.1, 0.15) is 59.9 Å². The van der Waals surface area contributed by atoms with Crippen molar-refractivity contribution in [1.82, 2.24) is 0 Å². The highest BCUT2D eigenvalue weighted by atomic mass is 28.4. The fraction of sp³-hybridized carbons (Fsp3) is 0.459. The first-order chi connectivity index (χ1) is 20.3. The molecule has 0 bridgehead atoms. The van der Waals surface area contributed by atoms with Gasteiger partial charge in [0, 0.05) is 18.9 Å². The van der Waals surface area contributed by atoms with E-state index in [2.05, 4.69) is 133 Å². The van der Waals surface area contributed by atoms with E-state index in [4.69, 9.17) is 18.6 Å². The molecule has 3 rings (SSSR count). The summed E-state index contributed by atoms with van der Waals surface area (Å²) in [5, 5.41) is 2.55. The standard InChI is InChI=1S/C37H52O4Si/c1-8-31(25-33(9-2)36(30(3)26-39-29-38-7)40-27-32-19-13-10-14-20-32)28-41-42(37(4,5)6,34-21-15-11-16-22-34)35-23-17-12-18-24-35/h10-25,30,33,36H,8-9,26-29H2,1-7H3/b31-25+/t30-,33-,36+/m1/s1. The van der Waals surface area contributed by atoms with Gasteiger partial charge in [0.2, 0.25) is 0 Å². The normalized spacial score (nSPS) is 14.9. The van der Waals surface area contributed by atoms with Gasteiger partial charge in [-0.3, -0.25) is 0 Å². The molecule has 4 nitrogen and oxygen atoms in total. The summed E-state index contributed by atoms with van der Waals surface area (Å²) in [6, 6.07) is 32.2. The fourth-order valence-electron chi connectivity index (χ4n) is 5.87. The van der Waals surface area contributed by atoms with Gasteiger partial charge in [0.05, 0.1) is 25.9 Å². The van der Waals surface area contributed by atoms with Crippen molar-refractivity contribution in [2.45, 2.75) is 72.1 Å². The minimum atomic E-state index is -2.63. The molecule has 0 heterocycles. The van der Waals surface area contributed by atoms with Gasteiger partial charge in [0.15, 0.2) is 0 Å². The summed E-state index contributed by atoms with van der Waals surface area (Å²) in [5.41, 5.74) is 2.49. The molecule has 0 N–H and O–H groups in total. The van der Waals surface area contributed by atoms with E-state index in [1.165, 1.54) is 21.5 Å². The number of hydrogen-bond acceptors (Lipinski definition) is 4. The zero-order valence-electron chi connectivity index (χ0n) is 26.8. The molecule has 42 heavy (non-hydrogen) atoms. The molecule has 3 aromatic carbocycles. The Bertz CT molecular complexity index is 1140. The molecule has 0 saturated heterocycles. The van der Waals surface area contributed by atoms with Gasteiger partial charge < -0.3 is 18.6 Å². The first kappa shape index (κ1) is 34.0. The SMILES string of the molecule is CC/C(=C\[C@@H](CC)[C@@H](OCc1ccccc1)[C@H](C)COCOC)CO[Si](c1ccccc1)(c1ccccc1)C(C)(C)C. The number of ether oxygens (including phenoxy) is 3. The molecule has 5 heteroatoms. The van der Waals surface area contributed by atoms with Gasteiger partial charge in [-0.1, -0.05) is 139 Å². The van der Waals surface area contributed by atoms with Gasteiger partial charge >= 0.3 is 0 Å².